The first-order chi connectivity index (χ1) is 11.5. The average molecular weight is 387 g/mol. The lowest BCUT2D eigenvalue weighted by Crippen LogP contribution is -2.35. The Morgan fingerprint density at radius 3 is 2.50 bits per heavy atom. The largest absolute Gasteiger partial charge is 0.205 e. The van der Waals surface area contributed by atoms with Crippen molar-refractivity contribution in [1.29, 1.82) is 5.26 Å². The molecule has 2 aromatic carbocycles. The molecule has 2 aliphatic rings. The molecule has 0 N–H and O–H groups in total. The summed E-state index contributed by atoms with van der Waals surface area (Å²) in [6, 6.07) is 8.61. The zero-order valence-electron chi connectivity index (χ0n) is 12.7. The van der Waals surface area contributed by atoms with Crippen molar-refractivity contribution < 1.29 is 8.78 Å². The van der Waals surface area contributed by atoms with E-state index in [1.54, 1.807) is 0 Å². The third kappa shape index (κ3) is 2.29. The van der Waals surface area contributed by atoms with Crippen molar-refractivity contribution in [2.45, 2.75) is 25.7 Å². The van der Waals surface area contributed by atoms with E-state index in [1.165, 1.54) is 12.1 Å². The molecular weight excluding hydrogens is 374 g/mol. The summed E-state index contributed by atoms with van der Waals surface area (Å²) >= 11 is 3.47. The normalized spacial score (nSPS) is 23.2. The van der Waals surface area contributed by atoms with Gasteiger partial charge in [-0.1, -0.05) is 22.0 Å². The minimum Gasteiger partial charge on any atom is -0.204 e. The van der Waals surface area contributed by atoms with Crippen LogP contribution in [0, 0.1) is 28.5 Å². The molecule has 0 saturated heterocycles. The van der Waals surface area contributed by atoms with Crippen LogP contribution in [0.25, 0.3) is 0 Å². The van der Waals surface area contributed by atoms with Crippen molar-refractivity contribution in [3.05, 3.63) is 68.7 Å². The standard InChI is InChI=1S/C19H13BrF2N2/c20-14-2-1-12-8-19(18(24-10-23)15(12)7-14)4-3-11-5-16(21)17(22)6-13(11)9-19/h1-2,5-7H,3-4,8-9H2. The number of nitrogens with zero attached hydrogens (tertiary/aromatic N) is 2. The highest BCUT2D eigenvalue weighted by atomic mass is 79.9. The van der Waals surface area contributed by atoms with E-state index in [0.29, 0.717) is 12.8 Å². The Hall–Kier alpha value is -2.06. The molecular formula is C19H13BrF2N2. The van der Waals surface area contributed by atoms with Gasteiger partial charge in [-0.15, -0.1) is 0 Å². The number of rotatable bonds is 0. The number of benzene rings is 2. The van der Waals surface area contributed by atoms with Crippen LogP contribution in [0.4, 0.5) is 8.78 Å². The van der Waals surface area contributed by atoms with Gasteiger partial charge < -0.3 is 0 Å². The number of hydrogen-bond donors (Lipinski definition) is 0. The molecule has 2 aliphatic carbocycles. The van der Waals surface area contributed by atoms with E-state index < -0.39 is 11.6 Å². The first kappa shape index (κ1) is 15.5. The molecule has 2 nitrogen and oxygen atoms in total. The summed E-state index contributed by atoms with van der Waals surface area (Å²) in [5.41, 5.74) is 4.27. The minimum absolute atomic E-state index is 0.309. The van der Waals surface area contributed by atoms with Crippen LogP contribution in [-0.2, 0) is 19.3 Å². The van der Waals surface area contributed by atoms with E-state index in [9.17, 15) is 8.78 Å². The summed E-state index contributed by atoms with van der Waals surface area (Å²) in [5, 5.41) is 9.15. The summed E-state index contributed by atoms with van der Waals surface area (Å²) in [7, 11) is 0. The summed E-state index contributed by atoms with van der Waals surface area (Å²) in [4.78, 5) is 4.13. The minimum atomic E-state index is -0.817. The molecule has 120 valence electrons. The highest BCUT2D eigenvalue weighted by molar-refractivity contribution is 9.10. The van der Waals surface area contributed by atoms with E-state index in [4.69, 9.17) is 5.26 Å². The summed E-state index contributed by atoms with van der Waals surface area (Å²) in [6.07, 6.45) is 4.71. The lowest BCUT2D eigenvalue weighted by atomic mass is 9.68. The maximum absolute atomic E-state index is 13.7. The Labute approximate surface area is 147 Å². The number of hydrogen-bond acceptors (Lipinski definition) is 2. The van der Waals surface area contributed by atoms with Crippen molar-refractivity contribution >= 4 is 21.6 Å². The highest BCUT2D eigenvalue weighted by Crippen LogP contribution is 2.47. The first-order valence-electron chi connectivity index (χ1n) is 7.75. The summed E-state index contributed by atoms with van der Waals surface area (Å²) < 4.78 is 28.1. The van der Waals surface area contributed by atoms with Crippen molar-refractivity contribution in [2.75, 3.05) is 0 Å². The smallest absolute Gasteiger partial charge is 0.204 e. The van der Waals surface area contributed by atoms with Crippen LogP contribution >= 0.6 is 15.9 Å². The van der Waals surface area contributed by atoms with Crippen LogP contribution in [0.5, 0.6) is 0 Å². The Balaban J connectivity index is 1.83. The van der Waals surface area contributed by atoms with Gasteiger partial charge in [-0.3, -0.25) is 0 Å². The molecule has 0 fully saturated rings. The van der Waals surface area contributed by atoms with E-state index in [0.717, 1.165) is 45.3 Å². The highest BCUT2D eigenvalue weighted by Gasteiger charge is 2.45. The molecule has 0 aliphatic heterocycles. The van der Waals surface area contributed by atoms with Gasteiger partial charge in [0.1, 0.15) is 0 Å². The molecule has 0 saturated carbocycles. The zero-order chi connectivity index (χ0) is 16.9. The molecule has 0 heterocycles. The van der Waals surface area contributed by atoms with Crippen LogP contribution < -0.4 is 0 Å². The topological polar surface area (TPSA) is 36.1 Å². The van der Waals surface area contributed by atoms with Crippen molar-refractivity contribution in [3.8, 4) is 6.19 Å². The van der Waals surface area contributed by atoms with Crippen LogP contribution in [0.15, 0.2) is 39.8 Å². The summed E-state index contributed by atoms with van der Waals surface area (Å²) in [6.45, 7) is 0. The molecule has 4 rings (SSSR count). The number of nitriles is 1. The average Bonchev–Trinajstić information content (AvgIpc) is 2.83. The van der Waals surface area contributed by atoms with E-state index in [1.807, 2.05) is 24.4 Å². The van der Waals surface area contributed by atoms with Crippen LogP contribution in [0.2, 0.25) is 0 Å². The van der Waals surface area contributed by atoms with Gasteiger partial charge in [0.15, 0.2) is 11.6 Å². The zero-order valence-corrected chi connectivity index (χ0v) is 14.3. The van der Waals surface area contributed by atoms with Crippen LogP contribution in [0.1, 0.15) is 28.7 Å². The van der Waals surface area contributed by atoms with Gasteiger partial charge in [-0.05, 0) is 66.6 Å². The van der Waals surface area contributed by atoms with Crippen LogP contribution in [-0.4, -0.2) is 5.71 Å². The molecule has 0 amide bonds. The van der Waals surface area contributed by atoms with Gasteiger partial charge in [0.2, 0.25) is 6.19 Å². The molecule has 0 aromatic heterocycles. The fraction of sp³-hybridized carbons (Fsp3) is 0.263. The molecule has 1 unspecified atom stereocenters. The Bertz CT molecular complexity index is 930. The maximum Gasteiger partial charge on any atom is 0.205 e. The Kier molecular flexibility index (Phi) is 3.54. The second-order valence-corrected chi connectivity index (χ2v) is 7.45. The SMILES string of the molecule is N#CN=C1c2cc(Br)ccc2CC12CCc1cc(F)c(F)cc1C2. The van der Waals surface area contributed by atoms with Gasteiger partial charge >= 0.3 is 0 Å². The number of fused-ring (bicyclic) bond motifs is 2. The maximum atomic E-state index is 13.7. The second-order valence-electron chi connectivity index (χ2n) is 6.53. The summed E-state index contributed by atoms with van der Waals surface area (Å²) in [5.74, 6) is -1.61. The number of halogens is 3. The van der Waals surface area contributed by atoms with Crippen molar-refractivity contribution in [3.63, 3.8) is 0 Å². The first-order valence-corrected chi connectivity index (χ1v) is 8.54. The molecule has 2 aromatic rings. The third-order valence-electron chi connectivity index (χ3n) is 5.16. The van der Waals surface area contributed by atoms with Gasteiger partial charge in [-0.2, -0.15) is 10.3 Å². The third-order valence-corrected chi connectivity index (χ3v) is 5.66. The molecule has 5 heteroatoms. The lowest BCUT2D eigenvalue weighted by molar-refractivity contribution is 0.369. The van der Waals surface area contributed by atoms with Gasteiger partial charge in [0, 0.05) is 15.5 Å². The quantitative estimate of drug-likeness (QED) is 0.602. The van der Waals surface area contributed by atoms with E-state index in [2.05, 4.69) is 20.9 Å². The molecule has 24 heavy (non-hydrogen) atoms. The van der Waals surface area contributed by atoms with E-state index >= 15 is 0 Å². The van der Waals surface area contributed by atoms with Gasteiger partial charge in [-0.25, -0.2) is 8.78 Å². The Morgan fingerprint density at radius 1 is 1.04 bits per heavy atom. The number of aryl methyl sites for hydroxylation is 1. The molecule has 1 atom stereocenters. The van der Waals surface area contributed by atoms with Gasteiger partial charge in [0.25, 0.3) is 0 Å². The van der Waals surface area contributed by atoms with Crippen LogP contribution in [0.3, 0.4) is 0 Å². The molecule has 1 spiro atoms. The van der Waals surface area contributed by atoms with E-state index in [-0.39, 0.29) is 5.41 Å². The fourth-order valence-electron chi connectivity index (χ4n) is 4.09. The van der Waals surface area contributed by atoms with Gasteiger partial charge in [0.05, 0.1) is 5.71 Å². The number of aliphatic imine (C=N–C) groups is 1. The predicted octanol–water partition coefficient (Wildman–Crippen LogP) is 4.73. The fourth-order valence-corrected chi connectivity index (χ4v) is 4.45. The lowest BCUT2D eigenvalue weighted by Gasteiger charge is -2.35. The molecule has 0 bridgehead atoms. The second kappa shape index (κ2) is 5.49. The Morgan fingerprint density at radius 2 is 1.75 bits per heavy atom. The van der Waals surface area contributed by atoms with Crippen molar-refractivity contribution in [1.82, 2.24) is 0 Å². The monoisotopic (exact) mass is 386 g/mol. The van der Waals surface area contributed by atoms with Crippen molar-refractivity contribution in [2.24, 2.45) is 10.4 Å². The molecule has 0 radical (unpaired) electrons. The predicted molar refractivity (Wildman–Crippen MR) is 90.8 cm³/mol.